The number of quaternary nitrogens is 1. The van der Waals surface area contributed by atoms with Gasteiger partial charge in [0, 0.05) is 0 Å². The second-order valence-corrected chi connectivity index (χ2v) is 5.54. The molecule has 0 amide bonds. The maximum atomic E-state index is 11.6. The number of benzene rings is 1. The fourth-order valence-electron chi connectivity index (χ4n) is 2.90. The predicted molar refractivity (Wildman–Crippen MR) is 88.2 cm³/mol. The summed E-state index contributed by atoms with van der Waals surface area (Å²) in [5, 5.41) is 19.3. The lowest BCUT2D eigenvalue weighted by Gasteiger charge is -2.27. The molecular formula is C17H15N4O4+. The summed E-state index contributed by atoms with van der Waals surface area (Å²) >= 11 is 0. The first kappa shape index (κ1) is 15.2. The number of hydrogen-bond donors (Lipinski definition) is 1. The highest BCUT2D eigenvalue weighted by atomic mass is 16.6. The van der Waals surface area contributed by atoms with Crippen LogP contribution in [0.25, 0.3) is 0 Å². The number of nitrogens with two attached hydrogens (primary N) is 1. The number of hydrogen-bond acceptors (Lipinski definition) is 6. The average Bonchev–Trinajstić information content (AvgIpc) is 3.35. The summed E-state index contributed by atoms with van der Waals surface area (Å²) in [6.45, 7) is 0. The van der Waals surface area contributed by atoms with E-state index in [2.05, 4.69) is 5.10 Å². The molecule has 25 heavy (non-hydrogen) atoms. The normalized spacial score (nSPS) is 20.3. The van der Waals surface area contributed by atoms with E-state index in [1.165, 1.54) is 6.26 Å². The van der Waals surface area contributed by atoms with Crippen molar-refractivity contribution >= 4 is 11.5 Å². The summed E-state index contributed by atoms with van der Waals surface area (Å²) in [6, 6.07) is 15.6. The summed E-state index contributed by atoms with van der Waals surface area (Å²) in [7, 11) is 0. The Bertz CT molecular complexity index is 875. The van der Waals surface area contributed by atoms with Gasteiger partial charge in [0.2, 0.25) is 0 Å². The van der Waals surface area contributed by atoms with Gasteiger partial charge in [0.05, 0.1) is 23.3 Å². The Balaban J connectivity index is 1.83. The first-order chi connectivity index (χ1) is 12.2. The second kappa shape index (κ2) is 6.25. The quantitative estimate of drug-likeness (QED) is 0.583. The van der Waals surface area contributed by atoms with Gasteiger partial charge in [-0.3, -0.25) is 5.32 Å². The van der Waals surface area contributed by atoms with Crippen LogP contribution < -0.4 is 10.3 Å². The van der Waals surface area contributed by atoms with Crippen LogP contribution in [0.4, 0.5) is 5.69 Å². The average molecular weight is 339 g/mol. The van der Waals surface area contributed by atoms with Crippen molar-refractivity contribution in [3.8, 4) is 0 Å². The third-order valence-electron chi connectivity index (χ3n) is 4.02. The Morgan fingerprint density at radius 1 is 1.00 bits per heavy atom. The van der Waals surface area contributed by atoms with Gasteiger partial charge in [0.15, 0.2) is 11.5 Å². The van der Waals surface area contributed by atoms with Gasteiger partial charge in [-0.05, 0) is 41.3 Å². The summed E-state index contributed by atoms with van der Waals surface area (Å²) < 4.78 is 10.9. The van der Waals surface area contributed by atoms with E-state index in [9.17, 15) is 10.1 Å². The maximum Gasteiger partial charge on any atom is 0.430 e. The highest BCUT2D eigenvalue weighted by Crippen LogP contribution is 2.28. The third-order valence-corrected chi connectivity index (χ3v) is 4.02. The Morgan fingerprint density at radius 2 is 1.68 bits per heavy atom. The van der Waals surface area contributed by atoms with E-state index in [-0.39, 0.29) is 5.84 Å². The van der Waals surface area contributed by atoms with E-state index in [1.807, 2.05) is 41.7 Å². The van der Waals surface area contributed by atoms with Crippen LogP contribution >= 0.6 is 0 Å². The van der Waals surface area contributed by atoms with Crippen LogP contribution in [-0.2, 0) is 0 Å². The molecule has 126 valence electrons. The largest absolute Gasteiger partial charge is 0.462 e. The molecule has 0 saturated heterocycles. The molecule has 1 aliphatic rings. The highest BCUT2D eigenvalue weighted by molar-refractivity contribution is 5.81. The molecule has 0 unspecified atom stereocenters. The second-order valence-electron chi connectivity index (χ2n) is 5.54. The summed E-state index contributed by atoms with van der Waals surface area (Å²) in [4.78, 5) is 11.1. The summed E-state index contributed by atoms with van der Waals surface area (Å²) in [5.74, 6) is 0.924. The van der Waals surface area contributed by atoms with Crippen molar-refractivity contribution < 1.29 is 19.1 Å². The SMILES string of the molecule is O=[N+]([O-])C1=NN(c2ccccc2)[C@H](c2ccco2)[NH2+][C@@H]1c1ccco1. The van der Waals surface area contributed by atoms with Crippen LogP contribution in [0.2, 0.25) is 0 Å². The molecule has 0 fully saturated rings. The van der Waals surface area contributed by atoms with Gasteiger partial charge in [-0.1, -0.05) is 18.2 Å². The molecule has 1 aromatic carbocycles. The van der Waals surface area contributed by atoms with Crippen molar-refractivity contribution in [2.24, 2.45) is 5.10 Å². The molecule has 0 radical (unpaired) electrons. The summed E-state index contributed by atoms with van der Waals surface area (Å²) in [6.07, 6.45) is 2.67. The van der Waals surface area contributed by atoms with E-state index in [0.717, 1.165) is 5.69 Å². The Morgan fingerprint density at radius 3 is 2.28 bits per heavy atom. The number of nitro groups is 1. The predicted octanol–water partition coefficient (Wildman–Crippen LogP) is 2.29. The molecule has 2 aromatic heterocycles. The van der Waals surface area contributed by atoms with Gasteiger partial charge < -0.3 is 18.9 Å². The molecule has 2 atom stereocenters. The molecule has 8 heteroatoms. The molecule has 0 aliphatic carbocycles. The monoisotopic (exact) mass is 339 g/mol. The standard InChI is InChI=1S/C17H14N4O4/c22-21(23)17-15(13-8-4-10-24-13)18-16(14-9-5-11-25-14)20(19-17)12-6-2-1-3-7-12/h1-11,15-16,18H/p+1/t15-,16-/m1/s1. The van der Waals surface area contributed by atoms with Crippen LogP contribution in [0, 0.1) is 10.1 Å². The molecule has 0 spiro atoms. The number of anilines is 1. The molecular weight excluding hydrogens is 324 g/mol. The molecule has 3 aromatic rings. The molecule has 4 rings (SSSR count). The van der Waals surface area contributed by atoms with Crippen molar-refractivity contribution in [1.82, 2.24) is 0 Å². The summed E-state index contributed by atoms with van der Waals surface area (Å²) in [5.41, 5.74) is 0.734. The molecule has 0 bridgehead atoms. The number of rotatable bonds is 3. The highest BCUT2D eigenvalue weighted by Gasteiger charge is 2.47. The topological polar surface area (TPSA) is 102 Å². The number of nitrogens with zero attached hydrogens (tertiary/aromatic N) is 3. The Hall–Kier alpha value is -3.39. The fourth-order valence-corrected chi connectivity index (χ4v) is 2.90. The van der Waals surface area contributed by atoms with Crippen LogP contribution in [-0.4, -0.2) is 10.8 Å². The molecule has 8 nitrogen and oxygen atoms in total. The smallest absolute Gasteiger partial charge is 0.430 e. The van der Waals surface area contributed by atoms with E-state index in [0.29, 0.717) is 11.5 Å². The van der Waals surface area contributed by atoms with E-state index in [1.54, 1.807) is 29.5 Å². The Kier molecular flexibility index (Phi) is 3.79. The molecule has 0 saturated carbocycles. The van der Waals surface area contributed by atoms with Gasteiger partial charge in [0.25, 0.3) is 12.2 Å². The van der Waals surface area contributed by atoms with E-state index in [4.69, 9.17) is 8.83 Å². The minimum Gasteiger partial charge on any atom is -0.462 e. The van der Waals surface area contributed by atoms with Crippen molar-refractivity contribution in [3.63, 3.8) is 0 Å². The zero-order chi connectivity index (χ0) is 17.2. The van der Waals surface area contributed by atoms with Crippen LogP contribution in [0.5, 0.6) is 0 Å². The van der Waals surface area contributed by atoms with Crippen molar-refractivity contribution in [3.05, 3.63) is 88.8 Å². The third kappa shape index (κ3) is 2.79. The maximum absolute atomic E-state index is 11.6. The lowest BCUT2D eigenvalue weighted by molar-refractivity contribution is -0.732. The number of hydrazone groups is 1. The van der Waals surface area contributed by atoms with Crippen LogP contribution in [0.3, 0.4) is 0 Å². The van der Waals surface area contributed by atoms with Gasteiger partial charge in [-0.15, -0.1) is 5.01 Å². The minimum absolute atomic E-state index is 0.193. The zero-order valence-corrected chi connectivity index (χ0v) is 13.1. The van der Waals surface area contributed by atoms with E-state index >= 15 is 0 Å². The Labute approximate surface area is 142 Å². The van der Waals surface area contributed by atoms with Gasteiger partial charge >= 0.3 is 5.84 Å². The van der Waals surface area contributed by atoms with Gasteiger partial charge in [-0.2, -0.15) is 0 Å². The lowest BCUT2D eigenvalue weighted by Crippen LogP contribution is -2.92. The molecule has 1 aliphatic heterocycles. The number of furan rings is 2. The van der Waals surface area contributed by atoms with Crippen LogP contribution in [0.1, 0.15) is 23.7 Å². The molecule has 3 heterocycles. The van der Waals surface area contributed by atoms with Gasteiger partial charge in [-0.25, -0.2) is 0 Å². The van der Waals surface area contributed by atoms with Crippen LogP contribution in [0.15, 0.2) is 81.1 Å². The first-order valence-corrected chi connectivity index (χ1v) is 7.73. The van der Waals surface area contributed by atoms with Gasteiger partial charge in [0.1, 0.15) is 0 Å². The first-order valence-electron chi connectivity index (χ1n) is 7.73. The minimum atomic E-state index is -0.667. The molecule has 2 N–H and O–H groups in total. The van der Waals surface area contributed by atoms with E-state index < -0.39 is 17.1 Å². The van der Waals surface area contributed by atoms with Crippen molar-refractivity contribution in [1.29, 1.82) is 0 Å². The fraction of sp³-hybridized carbons (Fsp3) is 0.118. The zero-order valence-electron chi connectivity index (χ0n) is 13.1. The number of amidine groups is 1. The van der Waals surface area contributed by atoms with Crippen molar-refractivity contribution in [2.75, 3.05) is 5.01 Å². The lowest BCUT2D eigenvalue weighted by atomic mass is 10.1. The van der Waals surface area contributed by atoms with Crippen molar-refractivity contribution in [2.45, 2.75) is 12.2 Å². The number of para-hydroxylation sites is 1.